The smallest absolute Gasteiger partial charge is 0.0694 e. The lowest BCUT2D eigenvalue weighted by Crippen LogP contribution is -2.43. The number of nitrogens with two attached hydrogens (primary N) is 1. The predicted octanol–water partition coefficient (Wildman–Crippen LogP) is 1.05. The number of hydrogen-bond donors (Lipinski definition) is 3. The summed E-state index contributed by atoms with van der Waals surface area (Å²) in [7, 11) is 0. The summed E-state index contributed by atoms with van der Waals surface area (Å²) in [6, 6.07) is 11.3. The number of piperidine rings is 1. The minimum absolute atomic E-state index is 0.132. The van der Waals surface area contributed by atoms with Crippen LogP contribution in [0.2, 0.25) is 0 Å². The molecule has 2 saturated heterocycles. The molecule has 4 nitrogen and oxygen atoms in total. The molecule has 1 aromatic carbocycles. The van der Waals surface area contributed by atoms with Crippen LogP contribution in [-0.4, -0.2) is 30.2 Å². The van der Waals surface area contributed by atoms with Gasteiger partial charge in [-0.2, -0.15) is 0 Å². The summed E-state index contributed by atoms with van der Waals surface area (Å²) in [5.41, 5.74) is 13.8. The molecule has 19 heavy (non-hydrogen) atoms. The van der Waals surface area contributed by atoms with E-state index in [0.29, 0.717) is 6.04 Å². The van der Waals surface area contributed by atoms with E-state index in [9.17, 15) is 0 Å². The number of hydrogen-bond acceptors (Lipinski definition) is 4. The summed E-state index contributed by atoms with van der Waals surface area (Å²) in [4.78, 5) is 2.56. The van der Waals surface area contributed by atoms with Crippen molar-refractivity contribution in [3.05, 3.63) is 35.9 Å². The Morgan fingerprint density at radius 2 is 1.84 bits per heavy atom. The van der Waals surface area contributed by atoms with Crippen LogP contribution in [0.5, 0.6) is 0 Å². The predicted molar refractivity (Wildman–Crippen MR) is 77.1 cm³/mol. The van der Waals surface area contributed by atoms with Gasteiger partial charge in [-0.1, -0.05) is 30.3 Å². The van der Waals surface area contributed by atoms with Crippen LogP contribution in [0.15, 0.2) is 30.3 Å². The normalized spacial score (nSPS) is 29.7. The zero-order chi connectivity index (χ0) is 13.1. The van der Waals surface area contributed by atoms with Gasteiger partial charge < -0.3 is 5.73 Å². The van der Waals surface area contributed by atoms with Gasteiger partial charge in [0.25, 0.3) is 0 Å². The second kappa shape index (κ2) is 6.01. The van der Waals surface area contributed by atoms with Gasteiger partial charge in [0, 0.05) is 12.6 Å². The van der Waals surface area contributed by atoms with E-state index in [-0.39, 0.29) is 6.17 Å². The fraction of sp³-hybridized carbons (Fsp3) is 0.600. The molecule has 104 valence electrons. The molecule has 2 unspecified atom stereocenters. The third-order valence-electron chi connectivity index (χ3n) is 4.41. The molecule has 0 amide bonds. The van der Waals surface area contributed by atoms with E-state index in [1.54, 1.807) is 0 Å². The molecule has 2 heterocycles. The first-order valence-corrected chi connectivity index (χ1v) is 7.34. The molecule has 0 aliphatic carbocycles. The summed E-state index contributed by atoms with van der Waals surface area (Å²) >= 11 is 0. The summed E-state index contributed by atoms with van der Waals surface area (Å²) in [5.74, 6) is 0.771. The molecule has 0 bridgehead atoms. The van der Waals surface area contributed by atoms with Crippen molar-refractivity contribution in [1.29, 1.82) is 0 Å². The highest BCUT2D eigenvalue weighted by molar-refractivity contribution is 5.14. The maximum absolute atomic E-state index is 5.88. The van der Waals surface area contributed by atoms with E-state index in [1.807, 2.05) is 0 Å². The van der Waals surface area contributed by atoms with E-state index in [1.165, 1.54) is 31.5 Å². The zero-order valence-electron chi connectivity index (χ0n) is 11.4. The molecule has 0 saturated carbocycles. The van der Waals surface area contributed by atoms with Crippen molar-refractivity contribution >= 4 is 0 Å². The van der Waals surface area contributed by atoms with Crippen LogP contribution in [-0.2, 0) is 6.54 Å². The van der Waals surface area contributed by atoms with Gasteiger partial charge in [-0.15, -0.1) is 0 Å². The molecule has 2 aliphatic heterocycles. The van der Waals surface area contributed by atoms with Crippen LogP contribution in [0, 0.1) is 5.92 Å². The molecule has 1 aromatic rings. The van der Waals surface area contributed by atoms with Crippen LogP contribution < -0.4 is 16.6 Å². The highest BCUT2D eigenvalue weighted by atomic mass is 15.4. The lowest BCUT2D eigenvalue weighted by atomic mass is 9.88. The topological polar surface area (TPSA) is 53.3 Å². The van der Waals surface area contributed by atoms with Gasteiger partial charge in [0.2, 0.25) is 0 Å². The van der Waals surface area contributed by atoms with Gasteiger partial charge in [0.15, 0.2) is 0 Å². The van der Waals surface area contributed by atoms with E-state index in [2.05, 4.69) is 46.1 Å². The first kappa shape index (κ1) is 13.1. The third-order valence-corrected chi connectivity index (χ3v) is 4.41. The van der Waals surface area contributed by atoms with E-state index in [0.717, 1.165) is 18.9 Å². The maximum atomic E-state index is 5.88. The van der Waals surface area contributed by atoms with E-state index in [4.69, 9.17) is 5.73 Å². The highest BCUT2D eigenvalue weighted by Crippen LogP contribution is 2.25. The average Bonchev–Trinajstić information content (AvgIpc) is 2.87. The van der Waals surface area contributed by atoms with Gasteiger partial charge in [-0.3, -0.25) is 10.3 Å². The number of likely N-dealkylation sites (tertiary alicyclic amines) is 1. The Morgan fingerprint density at radius 3 is 2.47 bits per heavy atom. The Labute approximate surface area is 115 Å². The highest BCUT2D eigenvalue weighted by Gasteiger charge is 2.31. The Morgan fingerprint density at radius 1 is 1.11 bits per heavy atom. The van der Waals surface area contributed by atoms with Crippen molar-refractivity contribution in [2.75, 3.05) is 13.1 Å². The second-order valence-electron chi connectivity index (χ2n) is 5.84. The Bertz CT molecular complexity index is 386. The van der Waals surface area contributed by atoms with Crippen molar-refractivity contribution in [3.8, 4) is 0 Å². The van der Waals surface area contributed by atoms with Crippen LogP contribution in [0.3, 0.4) is 0 Å². The average molecular weight is 260 g/mol. The second-order valence-corrected chi connectivity index (χ2v) is 5.84. The molecular formula is C15H24N4. The van der Waals surface area contributed by atoms with E-state index >= 15 is 0 Å². The molecule has 2 aliphatic rings. The fourth-order valence-corrected chi connectivity index (χ4v) is 3.27. The molecular weight excluding hydrogens is 236 g/mol. The van der Waals surface area contributed by atoms with Gasteiger partial charge in [-0.25, -0.2) is 5.43 Å². The summed E-state index contributed by atoms with van der Waals surface area (Å²) in [6.07, 6.45) is 3.74. The number of nitrogens with one attached hydrogen (secondary N) is 2. The van der Waals surface area contributed by atoms with Crippen molar-refractivity contribution < 1.29 is 0 Å². The van der Waals surface area contributed by atoms with Crippen LogP contribution in [0.25, 0.3) is 0 Å². The molecule has 2 fully saturated rings. The molecule has 3 rings (SSSR count). The quantitative estimate of drug-likeness (QED) is 0.760. The van der Waals surface area contributed by atoms with Crippen molar-refractivity contribution in [2.45, 2.75) is 38.0 Å². The van der Waals surface area contributed by atoms with Crippen molar-refractivity contribution in [2.24, 2.45) is 11.7 Å². The number of rotatable bonds is 3. The Kier molecular flexibility index (Phi) is 4.13. The minimum Gasteiger partial charge on any atom is -0.315 e. The van der Waals surface area contributed by atoms with E-state index < -0.39 is 0 Å². The van der Waals surface area contributed by atoms with Crippen LogP contribution in [0.1, 0.15) is 24.8 Å². The molecule has 4 heteroatoms. The standard InChI is InChI=1S/C15H24N4/c16-15-10-14(17-18-15)13-6-8-19(9-7-13)11-12-4-2-1-3-5-12/h1-5,13-15,17-18H,6-11,16H2. The van der Waals surface area contributed by atoms with Gasteiger partial charge >= 0.3 is 0 Å². The van der Waals surface area contributed by atoms with Gasteiger partial charge in [0.05, 0.1) is 6.17 Å². The zero-order valence-corrected chi connectivity index (χ0v) is 11.4. The fourth-order valence-electron chi connectivity index (χ4n) is 3.27. The Hall–Kier alpha value is -0.940. The first-order chi connectivity index (χ1) is 9.31. The van der Waals surface area contributed by atoms with Crippen LogP contribution in [0.4, 0.5) is 0 Å². The molecule has 0 spiro atoms. The largest absolute Gasteiger partial charge is 0.315 e. The molecule has 2 atom stereocenters. The lowest BCUT2D eigenvalue weighted by molar-refractivity contribution is 0.155. The maximum Gasteiger partial charge on any atom is 0.0694 e. The minimum atomic E-state index is 0.132. The monoisotopic (exact) mass is 260 g/mol. The molecule has 0 radical (unpaired) electrons. The number of hydrazine groups is 1. The van der Waals surface area contributed by atoms with Gasteiger partial charge in [0.1, 0.15) is 0 Å². The van der Waals surface area contributed by atoms with Crippen molar-refractivity contribution in [1.82, 2.24) is 15.8 Å². The summed E-state index contributed by atoms with van der Waals surface area (Å²) in [5, 5.41) is 0. The number of benzene rings is 1. The van der Waals surface area contributed by atoms with Crippen molar-refractivity contribution in [3.63, 3.8) is 0 Å². The third kappa shape index (κ3) is 3.34. The summed E-state index contributed by atoms with van der Waals surface area (Å²) < 4.78 is 0. The first-order valence-electron chi connectivity index (χ1n) is 7.34. The van der Waals surface area contributed by atoms with Gasteiger partial charge in [-0.05, 0) is 43.8 Å². The SMILES string of the molecule is NC1CC(C2CCN(Cc3ccccc3)CC2)NN1. The lowest BCUT2D eigenvalue weighted by Gasteiger charge is -2.34. The summed E-state index contributed by atoms with van der Waals surface area (Å²) in [6.45, 7) is 3.49. The number of nitrogens with zero attached hydrogens (tertiary/aromatic N) is 1. The Balaban J connectivity index is 1.47. The molecule has 4 N–H and O–H groups in total. The molecule has 0 aromatic heterocycles. The van der Waals surface area contributed by atoms with Crippen LogP contribution >= 0.6 is 0 Å².